The number of carbonyl (C=O) groups excluding carboxylic acids is 2. The summed E-state index contributed by atoms with van der Waals surface area (Å²) in [6, 6.07) is 15.4. The van der Waals surface area contributed by atoms with Gasteiger partial charge in [0.1, 0.15) is 11.5 Å². The number of rotatable bonds is 6. The molecule has 0 spiro atoms. The van der Waals surface area contributed by atoms with E-state index in [4.69, 9.17) is 4.52 Å². The van der Waals surface area contributed by atoms with Crippen molar-refractivity contribution in [2.24, 2.45) is 0 Å². The largest absolute Gasteiger partial charge is 0.370 e. The lowest BCUT2D eigenvalue weighted by molar-refractivity contribution is -0.115. The van der Waals surface area contributed by atoms with Crippen LogP contribution < -0.4 is 15.5 Å². The van der Waals surface area contributed by atoms with Crippen LogP contribution in [0.1, 0.15) is 23.3 Å². The summed E-state index contributed by atoms with van der Waals surface area (Å²) in [5, 5.41) is 8.81. The van der Waals surface area contributed by atoms with Gasteiger partial charge < -0.3 is 20.1 Å². The Morgan fingerprint density at radius 1 is 1.07 bits per heavy atom. The monoisotopic (exact) mass is 408 g/mol. The van der Waals surface area contributed by atoms with Gasteiger partial charge in [-0.05, 0) is 25.0 Å². The highest BCUT2D eigenvalue weighted by Crippen LogP contribution is 2.31. The van der Waals surface area contributed by atoms with Crippen LogP contribution in [0.4, 0.5) is 15.8 Å². The smallest absolute Gasteiger partial charge is 0.273 e. The van der Waals surface area contributed by atoms with Gasteiger partial charge >= 0.3 is 0 Å². The molecule has 1 saturated heterocycles. The molecule has 0 aliphatic carbocycles. The van der Waals surface area contributed by atoms with E-state index >= 15 is 0 Å². The number of aromatic nitrogens is 1. The Kier molecular flexibility index (Phi) is 5.74. The Hall–Kier alpha value is -3.68. The van der Waals surface area contributed by atoms with Crippen molar-refractivity contribution in [3.63, 3.8) is 0 Å². The predicted octanol–water partition coefficient (Wildman–Crippen LogP) is 3.45. The summed E-state index contributed by atoms with van der Waals surface area (Å²) < 4.78 is 19.5. The van der Waals surface area contributed by atoms with Crippen LogP contribution in [-0.4, -0.2) is 36.6 Å². The van der Waals surface area contributed by atoms with Gasteiger partial charge in [-0.15, -0.1) is 0 Å². The Morgan fingerprint density at radius 2 is 1.83 bits per heavy atom. The van der Waals surface area contributed by atoms with E-state index in [0.717, 1.165) is 31.5 Å². The first kappa shape index (κ1) is 19.6. The van der Waals surface area contributed by atoms with Crippen molar-refractivity contribution in [1.29, 1.82) is 0 Å². The standard InChI is InChI=1S/C22H21FN4O3/c23-16-9-6-10-18(27-11-4-5-12-27)21(16)25-20(28)14-24-22(29)17-13-19(30-26-17)15-7-2-1-3-8-15/h1-3,6-10,13H,4-5,11-12,14H2,(H,24,29)(H,25,28). The van der Waals surface area contributed by atoms with Crippen molar-refractivity contribution in [3.05, 3.63) is 66.1 Å². The second-order valence-corrected chi connectivity index (χ2v) is 7.00. The lowest BCUT2D eigenvalue weighted by Gasteiger charge is -2.22. The van der Waals surface area contributed by atoms with Crippen LogP contribution in [0, 0.1) is 5.82 Å². The van der Waals surface area contributed by atoms with E-state index in [1.165, 1.54) is 12.1 Å². The topological polar surface area (TPSA) is 87.5 Å². The molecule has 0 atom stereocenters. The zero-order valence-corrected chi connectivity index (χ0v) is 16.2. The lowest BCUT2D eigenvalue weighted by Crippen LogP contribution is -2.33. The highest BCUT2D eigenvalue weighted by atomic mass is 19.1. The van der Waals surface area contributed by atoms with Crippen LogP contribution in [0.2, 0.25) is 0 Å². The molecule has 1 fully saturated rings. The molecule has 154 valence electrons. The Morgan fingerprint density at radius 3 is 2.60 bits per heavy atom. The van der Waals surface area contributed by atoms with Gasteiger partial charge in [-0.25, -0.2) is 4.39 Å². The Labute approximate surface area is 172 Å². The third-order valence-corrected chi connectivity index (χ3v) is 4.91. The molecule has 2 amide bonds. The van der Waals surface area contributed by atoms with Gasteiger partial charge in [0, 0.05) is 24.7 Å². The number of carbonyl (C=O) groups is 2. The van der Waals surface area contributed by atoms with Gasteiger partial charge in [0.25, 0.3) is 5.91 Å². The van der Waals surface area contributed by atoms with Gasteiger partial charge in [0.05, 0.1) is 12.2 Å². The van der Waals surface area contributed by atoms with Gasteiger partial charge in [-0.2, -0.15) is 0 Å². The predicted molar refractivity (Wildman–Crippen MR) is 111 cm³/mol. The molecule has 0 saturated carbocycles. The van der Waals surface area contributed by atoms with Gasteiger partial charge in [-0.1, -0.05) is 41.6 Å². The molecular formula is C22H21FN4O3. The van der Waals surface area contributed by atoms with Crippen LogP contribution in [0.15, 0.2) is 59.1 Å². The summed E-state index contributed by atoms with van der Waals surface area (Å²) in [7, 11) is 0. The number of hydrogen-bond donors (Lipinski definition) is 2. The Bertz CT molecular complexity index is 1050. The summed E-state index contributed by atoms with van der Waals surface area (Å²) in [5.74, 6) is -1.14. The number of para-hydroxylation sites is 1. The normalized spacial score (nSPS) is 13.3. The molecule has 2 N–H and O–H groups in total. The average molecular weight is 408 g/mol. The van der Waals surface area contributed by atoms with Crippen molar-refractivity contribution in [3.8, 4) is 11.3 Å². The number of nitrogens with zero attached hydrogens (tertiary/aromatic N) is 2. The van der Waals surface area contributed by atoms with Crippen LogP contribution in [-0.2, 0) is 4.79 Å². The zero-order chi connectivity index (χ0) is 20.9. The second kappa shape index (κ2) is 8.77. The average Bonchev–Trinajstić information content (AvgIpc) is 3.46. The second-order valence-electron chi connectivity index (χ2n) is 7.00. The summed E-state index contributed by atoms with van der Waals surface area (Å²) >= 11 is 0. The van der Waals surface area contributed by atoms with Crippen LogP contribution in [0.5, 0.6) is 0 Å². The third kappa shape index (κ3) is 4.32. The molecule has 3 aromatic rings. The molecule has 0 radical (unpaired) electrons. The van der Waals surface area contributed by atoms with Crippen LogP contribution in [0.25, 0.3) is 11.3 Å². The summed E-state index contributed by atoms with van der Waals surface area (Å²) in [6.45, 7) is 1.32. The number of nitrogens with one attached hydrogen (secondary N) is 2. The van der Waals surface area contributed by atoms with Crippen molar-refractivity contribution < 1.29 is 18.5 Å². The van der Waals surface area contributed by atoms with Gasteiger partial charge in [0.15, 0.2) is 11.5 Å². The molecule has 1 aliphatic heterocycles. The summed E-state index contributed by atoms with van der Waals surface area (Å²) in [5.41, 5.74) is 1.63. The highest BCUT2D eigenvalue weighted by molar-refractivity contribution is 6.00. The fourth-order valence-corrected chi connectivity index (χ4v) is 3.41. The van der Waals surface area contributed by atoms with E-state index in [-0.39, 0.29) is 17.9 Å². The first-order chi connectivity index (χ1) is 14.6. The molecule has 1 aromatic heterocycles. The van der Waals surface area contributed by atoms with E-state index in [1.807, 2.05) is 35.2 Å². The minimum atomic E-state index is -0.551. The molecule has 4 rings (SSSR count). The number of benzene rings is 2. The highest BCUT2D eigenvalue weighted by Gasteiger charge is 2.20. The minimum Gasteiger partial charge on any atom is -0.370 e. The van der Waals surface area contributed by atoms with Crippen LogP contribution >= 0.6 is 0 Å². The number of halogens is 1. The van der Waals surface area contributed by atoms with Crippen molar-refractivity contribution in [1.82, 2.24) is 10.5 Å². The fraction of sp³-hybridized carbons (Fsp3) is 0.227. The fourth-order valence-electron chi connectivity index (χ4n) is 3.41. The van der Waals surface area contributed by atoms with E-state index in [1.54, 1.807) is 12.1 Å². The maximum atomic E-state index is 14.3. The first-order valence-electron chi connectivity index (χ1n) is 9.75. The van der Waals surface area contributed by atoms with Crippen molar-refractivity contribution >= 4 is 23.2 Å². The number of anilines is 2. The summed E-state index contributed by atoms with van der Waals surface area (Å²) in [4.78, 5) is 26.7. The number of amides is 2. The van der Waals surface area contributed by atoms with E-state index < -0.39 is 17.6 Å². The molecule has 30 heavy (non-hydrogen) atoms. The summed E-state index contributed by atoms with van der Waals surface area (Å²) in [6.07, 6.45) is 2.06. The van der Waals surface area contributed by atoms with E-state index in [0.29, 0.717) is 11.4 Å². The molecule has 7 nitrogen and oxygen atoms in total. The molecule has 2 heterocycles. The minimum absolute atomic E-state index is 0.0605. The molecule has 8 heteroatoms. The number of hydrogen-bond acceptors (Lipinski definition) is 5. The van der Waals surface area contributed by atoms with Gasteiger partial charge in [-0.3, -0.25) is 9.59 Å². The molecule has 2 aromatic carbocycles. The van der Waals surface area contributed by atoms with E-state index in [2.05, 4.69) is 15.8 Å². The van der Waals surface area contributed by atoms with Crippen molar-refractivity contribution in [2.45, 2.75) is 12.8 Å². The quantitative estimate of drug-likeness (QED) is 0.652. The zero-order valence-electron chi connectivity index (χ0n) is 16.2. The van der Waals surface area contributed by atoms with Crippen LogP contribution in [0.3, 0.4) is 0 Å². The third-order valence-electron chi connectivity index (χ3n) is 4.91. The van der Waals surface area contributed by atoms with E-state index in [9.17, 15) is 14.0 Å². The van der Waals surface area contributed by atoms with Gasteiger partial charge in [0.2, 0.25) is 5.91 Å². The Balaban J connectivity index is 1.38. The molecule has 0 unspecified atom stereocenters. The SMILES string of the molecule is O=C(CNC(=O)c1cc(-c2ccccc2)on1)Nc1c(F)cccc1N1CCCC1. The molecule has 1 aliphatic rings. The maximum Gasteiger partial charge on any atom is 0.273 e. The molecule has 0 bridgehead atoms. The maximum absolute atomic E-state index is 14.3. The molecular weight excluding hydrogens is 387 g/mol. The first-order valence-corrected chi connectivity index (χ1v) is 9.75. The lowest BCUT2D eigenvalue weighted by atomic mass is 10.1. The van der Waals surface area contributed by atoms with Crippen molar-refractivity contribution in [2.75, 3.05) is 29.9 Å².